The van der Waals surface area contributed by atoms with E-state index in [4.69, 9.17) is 4.43 Å². The highest BCUT2D eigenvalue weighted by molar-refractivity contribution is 6.74. The summed E-state index contributed by atoms with van der Waals surface area (Å²) in [7, 11) is -1.72. The molecule has 0 bridgehead atoms. The lowest BCUT2D eigenvalue weighted by molar-refractivity contribution is -0.133. The minimum atomic E-state index is -1.72. The van der Waals surface area contributed by atoms with Crippen LogP contribution in [0, 0.1) is 40.9 Å². The maximum Gasteiger partial charge on any atom is 0.192 e. The monoisotopic (exact) mass is 404 g/mol. The van der Waals surface area contributed by atoms with Gasteiger partial charge in [-0.2, -0.15) is 0 Å². The fraction of sp³-hybridized carbons (Fsp3) is 0.960. The summed E-state index contributed by atoms with van der Waals surface area (Å²) in [5, 5.41) is 0.293. The van der Waals surface area contributed by atoms with Crippen molar-refractivity contribution in [2.45, 2.75) is 110 Å². The molecule has 0 radical (unpaired) electrons. The Kier molecular flexibility index (Phi) is 5.23. The largest absolute Gasteiger partial charge is 0.413 e. The fourth-order valence-corrected chi connectivity index (χ4v) is 8.98. The first-order valence-corrected chi connectivity index (χ1v) is 15.1. The van der Waals surface area contributed by atoms with Gasteiger partial charge in [0.25, 0.3) is 0 Å². The van der Waals surface area contributed by atoms with Gasteiger partial charge in [-0.25, -0.2) is 0 Å². The Morgan fingerprint density at radius 3 is 2.39 bits per heavy atom. The van der Waals surface area contributed by atoms with E-state index in [2.05, 4.69) is 47.7 Å². The first-order chi connectivity index (χ1) is 12.9. The van der Waals surface area contributed by atoms with Crippen molar-refractivity contribution in [1.82, 2.24) is 0 Å². The van der Waals surface area contributed by atoms with Crippen LogP contribution < -0.4 is 0 Å². The number of Topliss-reactive ketones (excluding diaryl/α,β-unsaturated/α-hetero) is 1. The molecule has 28 heavy (non-hydrogen) atoms. The number of rotatable bonds is 2. The molecule has 0 aromatic carbocycles. The molecule has 2 unspecified atom stereocenters. The van der Waals surface area contributed by atoms with E-state index in [0.29, 0.717) is 34.2 Å². The molecule has 4 fully saturated rings. The molecule has 0 aromatic heterocycles. The SMILES string of the molecule is CC1C[C@H]2C(CC[C@@H]3[C@@H]2CC[C@]2(C)[C@@H](O[Si](C)(C)C(C)(C)C)CC[C@@H]32)CC1=O. The molecule has 2 nitrogen and oxygen atoms in total. The van der Waals surface area contributed by atoms with Crippen LogP contribution in [0.15, 0.2) is 0 Å². The zero-order valence-corrected chi connectivity index (χ0v) is 20.5. The van der Waals surface area contributed by atoms with Crippen LogP contribution in [-0.2, 0) is 9.22 Å². The van der Waals surface area contributed by atoms with Crippen molar-refractivity contribution in [3.8, 4) is 0 Å². The molecule has 4 aliphatic carbocycles. The van der Waals surface area contributed by atoms with Gasteiger partial charge in [-0.15, -0.1) is 0 Å². The standard InChI is InChI=1S/C25H44O2Si/c1-16-14-20-17(15-22(16)26)8-9-19-18(20)12-13-25(5)21(19)10-11-23(25)27-28(6,7)24(2,3)4/h16-21,23H,8-15H2,1-7H3/t16?,17?,18-,19+,20-,21-,23-,25-/m0/s1. The first-order valence-electron chi connectivity index (χ1n) is 12.1. The highest BCUT2D eigenvalue weighted by atomic mass is 28.4. The predicted octanol–water partition coefficient (Wildman–Crippen LogP) is 6.84. The van der Waals surface area contributed by atoms with Crippen LogP contribution >= 0.6 is 0 Å². The molecule has 160 valence electrons. The molecule has 0 spiro atoms. The Morgan fingerprint density at radius 1 is 1.00 bits per heavy atom. The van der Waals surface area contributed by atoms with E-state index in [1.54, 1.807) is 0 Å². The van der Waals surface area contributed by atoms with Crippen LogP contribution in [0.25, 0.3) is 0 Å². The van der Waals surface area contributed by atoms with Crippen molar-refractivity contribution >= 4 is 14.1 Å². The lowest BCUT2D eigenvalue weighted by Gasteiger charge is -2.56. The van der Waals surface area contributed by atoms with Gasteiger partial charge in [0.15, 0.2) is 8.32 Å². The van der Waals surface area contributed by atoms with Gasteiger partial charge in [0.1, 0.15) is 5.78 Å². The molecule has 0 heterocycles. The van der Waals surface area contributed by atoms with E-state index in [-0.39, 0.29) is 0 Å². The summed E-state index contributed by atoms with van der Waals surface area (Å²) in [6, 6.07) is 0. The van der Waals surface area contributed by atoms with E-state index in [1.165, 1.54) is 44.9 Å². The lowest BCUT2D eigenvalue weighted by atomic mass is 9.50. The Hall–Kier alpha value is -0.153. The highest BCUT2D eigenvalue weighted by Crippen LogP contribution is 2.63. The molecule has 0 amide bonds. The van der Waals surface area contributed by atoms with Crippen molar-refractivity contribution < 1.29 is 9.22 Å². The minimum absolute atomic E-state index is 0.293. The number of fused-ring (bicyclic) bond motifs is 5. The Balaban J connectivity index is 1.52. The lowest BCUT2D eigenvalue weighted by Crippen LogP contribution is -2.53. The van der Waals surface area contributed by atoms with Gasteiger partial charge in [-0.3, -0.25) is 4.79 Å². The highest BCUT2D eigenvalue weighted by Gasteiger charge is 2.59. The Labute approximate surface area is 174 Å². The normalized spacial score (nSPS) is 46.7. The summed E-state index contributed by atoms with van der Waals surface area (Å²) in [5.74, 6) is 5.03. The van der Waals surface area contributed by atoms with Gasteiger partial charge >= 0.3 is 0 Å². The van der Waals surface area contributed by atoms with Crippen molar-refractivity contribution in [3.05, 3.63) is 0 Å². The van der Waals surface area contributed by atoms with Gasteiger partial charge < -0.3 is 4.43 Å². The van der Waals surface area contributed by atoms with Gasteiger partial charge in [0.05, 0.1) is 6.10 Å². The second-order valence-corrected chi connectivity index (χ2v) is 17.5. The number of carbonyl (C=O) groups excluding carboxylic acids is 1. The number of carbonyl (C=O) groups is 1. The van der Waals surface area contributed by atoms with Crippen molar-refractivity contribution in [3.63, 3.8) is 0 Å². The van der Waals surface area contributed by atoms with Crippen LogP contribution in [0.4, 0.5) is 0 Å². The fourth-order valence-electron chi connectivity index (χ4n) is 7.53. The molecule has 4 saturated carbocycles. The summed E-state index contributed by atoms with van der Waals surface area (Å²) in [5.41, 5.74) is 0.389. The van der Waals surface area contributed by atoms with Crippen LogP contribution in [0.2, 0.25) is 18.1 Å². The molecule has 4 rings (SSSR count). The Bertz CT molecular complexity index is 621. The van der Waals surface area contributed by atoms with Crippen LogP contribution in [0.3, 0.4) is 0 Å². The Morgan fingerprint density at radius 2 is 1.71 bits per heavy atom. The van der Waals surface area contributed by atoms with Gasteiger partial charge in [-0.05, 0) is 98.1 Å². The minimum Gasteiger partial charge on any atom is -0.413 e. The van der Waals surface area contributed by atoms with Crippen molar-refractivity contribution in [2.75, 3.05) is 0 Å². The van der Waals surface area contributed by atoms with E-state index < -0.39 is 8.32 Å². The summed E-state index contributed by atoms with van der Waals surface area (Å²) in [6.45, 7) is 16.8. The maximum absolute atomic E-state index is 12.3. The third kappa shape index (κ3) is 3.27. The second kappa shape index (κ2) is 6.94. The third-order valence-electron chi connectivity index (χ3n) is 10.3. The molecule has 3 heteroatoms. The van der Waals surface area contributed by atoms with Crippen LogP contribution in [-0.4, -0.2) is 20.2 Å². The molecule has 0 aliphatic heterocycles. The first kappa shape index (κ1) is 21.1. The molecule has 8 atom stereocenters. The predicted molar refractivity (Wildman–Crippen MR) is 119 cm³/mol. The molecular formula is C25H44O2Si. The number of hydrogen-bond acceptors (Lipinski definition) is 2. The number of ketones is 1. The van der Waals surface area contributed by atoms with E-state index >= 15 is 0 Å². The number of hydrogen-bond donors (Lipinski definition) is 0. The van der Waals surface area contributed by atoms with Gasteiger partial charge in [0.2, 0.25) is 0 Å². The van der Waals surface area contributed by atoms with Gasteiger partial charge in [-0.1, -0.05) is 34.6 Å². The molecular weight excluding hydrogens is 360 g/mol. The summed E-state index contributed by atoms with van der Waals surface area (Å²) >= 11 is 0. The second-order valence-electron chi connectivity index (χ2n) is 12.7. The third-order valence-corrected chi connectivity index (χ3v) is 14.8. The van der Waals surface area contributed by atoms with Crippen molar-refractivity contribution in [1.29, 1.82) is 0 Å². The maximum atomic E-state index is 12.3. The van der Waals surface area contributed by atoms with E-state index in [0.717, 1.165) is 30.1 Å². The molecule has 0 aromatic rings. The zero-order valence-electron chi connectivity index (χ0n) is 19.5. The average molecular weight is 405 g/mol. The van der Waals surface area contributed by atoms with Gasteiger partial charge in [0, 0.05) is 12.3 Å². The topological polar surface area (TPSA) is 26.3 Å². The molecule has 0 saturated heterocycles. The summed E-state index contributed by atoms with van der Waals surface area (Å²) < 4.78 is 7.05. The smallest absolute Gasteiger partial charge is 0.192 e. The molecule has 4 aliphatic rings. The summed E-state index contributed by atoms with van der Waals surface area (Å²) in [4.78, 5) is 12.3. The van der Waals surface area contributed by atoms with Crippen molar-refractivity contribution in [2.24, 2.45) is 40.9 Å². The average Bonchev–Trinajstić information content (AvgIpc) is 2.91. The van der Waals surface area contributed by atoms with Crippen LogP contribution in [0.5, 0.6) is 0 Å². The molecule has 0 N–H and O–H groups in total. The quantitative estimate of drug-likeness (QED) is 0.471. The van der Waals surface area contributed by atoms with Crippen LogP contribution in [0.1, 0.15) is 86.0 Å². The van der Waals surface area contributed by atoms with E-state index in [1.807, 2.05) is 0 Å². The van der Waals surface area contributed by atoms with E-state index in [9.17, 15) is 4.79 Å². The zero-order chi connectivity index (χ0) is 20.5. The summed E-state index contributed by atoms with van der Waals surface area (Å²) in [6.07, 6.45) is 10.6.